The maximum absolute atomic E-state index is 13.5. The molecule has 1 unspecified atom stereocenters. The van der Waals surface area contributed by atoms with Crippen LogP contribution in [0.2, 0.25) is 0 Å². The van der Waals surface area contributed by atoms with Gasteiger partial charge in [-0.15, -0.1) is 0 Å². The van der Waals surface area contributed by atoms with Crippen molar-refractivity contribution in [2.45, 2.75) is 118 Å². The Morgan fingerprint density at radius 3 is 2.04 bits per heavy atom. The average Bonchev–Trinajstić information content (AvgIpc) is 3.61. The van der Waals surface area contributed by atoms with Gasteiger partial charge in [-0.1, -0.05) is 67.2 Å². The molecule has 1 aliphatic carbocycles. The zero-order valence-corrected chi connectivity index (χ0v) is 34.1. The minimum atomic E-state index is -4.59. The van der Waals surface area contributed by atoms with Gasteiger partial charge in [0.2, 0.25) is 0 Å². The lowest BCUT2D eigenvalue weighted by Gasteiger charge is -2.43. The van der Waals surface area contributed by atoms with Gasteiger partial charge in [0.1, 0.15) is 0 Å². The highest BCUT2D eigenvalue weighted by Gasteiger charge is 2.38. The lowest BCUT2D eigenvalue weighted by Crippen LogP contribution is -3.00. The molecule has 51 heavy (non-hydrogen) atoms. The second kappa shape index (κ2) is 21.0. The zero-order chi connectivity index (χ0) is 36.8. The summed E-state index contributed by atoms with van der Waals surface area (Å²) in [6, 6.07) is 9.17. The number of pyridine rings is 1. The Balaban J connectivity index is 0.000000428. The molecule has 2 aromatic heterocycles. The Morgan fingerprint density at radius 1 is 0.961 bits per heavy atom. The molecule has 0 spiro atoms. The molecule has 10 heteroatoms. The lowest BCUT2D eigenvalue weighted by atomic mass is 9.75. The summed E-state index contributed by atoms with van der Waals surface area (Å²) < 4.78 is 43.9. The van der Waals surface area contributed by atoms with Crippen LogP contribution in [0.1, 0.15) is 117 Å². The van der Waals surface area contributed by atoms with E-state index in [9.17, 15) is 13.2 Å². The zero-order valence-electron chi connectivity index (χ0n) is 31.9. The first-order chi connectivity index (χ1) is 23.8. The van der Waals surface area contributed by atoms with Crippen molar-refractivity contribution >= 4 is 11.4 Å². The van der Waals surface area contributed by atoms with Crippen molar-refractivity contribution in [2.24, 2.45) is 5.41 Å². The number of rotatable bonds is 16. The maximum atomic E-state index is 13.5. The highest BCUT2D eigenvalue weighted by Crippen LogP contribution is 2.42. The number of anilines is 1. The molecule has 6 nitrogen and oxygen atoms in total. The summed E-state index contributed by atoms with van der Waals surface area (Å²) in [5.41, 5.74) is 1.72. The third-order valence-corrected chi connectivity index (χ3v) is 10.2. The van der Waals surface area contributed by atoms with E-state index in [2.05, 4.69) is 57.6 Å². The first-order valence-corrected chi connectivity index (χ1v) is 18.7. The van der Waals surface area contributed by atoms with Gasteiger partial charge < -0.3 is 37.9 Å². The van der Waals surface area contributed by atoms with Gasteiger partial charge in [-0.3, -0.25) is 4.98 Å². The minimum Gasteiger partial charge on any atom is -1.00 e. The highest BCUT2D eigenvalue weighted by atomic mass is 127. The summed E-state index contributed by atoms with van der Waals surface area (Å²) in [5.74, 6) is 0. The third-order valence-electron chi connectivity index (χ3n) is 10.2. The van der Waals surface area contributed by atoms with E-state index >= 15 is 0 Å². The standard InChI is InChI=1S/C25H24F3N5.C16H36N.HI/c1-24(2)9-8-20(33-15-22(31-16-33)18-5-4-10-30-14-18)12-23(24)32(3)19-7-6-17(13-29)21(11-19)25(26,27)28;1-5-9-13-17(14-10-6-2,15-11-7-3)16-12-8-4;/h4-7,10-12,14-16,23H,8-9H2,1-3H3;5-16H2,1-4H3;1H/q;+1;/p-1. The summed E-state index contributed by atoms with van der Waals surface area (Å²) in [4.78, 5) is 10.5. The molecule has 2 heterocycles. The Kier molecular flexibility index (Phi) is 18.2. The fraction of sp³-hybridized carbons (Fsp3) is 0.585. The molecular formula is C41H60F3IN6. The second-order valence-electron chi connectivity index (χ2n) is 14.6. The summed E-state index contributed by atoms with van der Waals surface area (Å²) >= 11 is 0. The number of aromatic nitrogens is 3. The number of imidazole rings is 1. The van der Waals surface area contributed by atoms with Crippen molar-refractivity contribution < 1.29 is 41.6 Å². The number of allylic oxidation sites excluding steroid dienone is 1. The molecule has 0 bridgehead atoms. The molecule has 0 saturated carbocycles. The fourth-order valence-electron chi connectivity index (χ4n) is 6.97. The molecule has 1 atom stereocenters. The number of benzene rings is 1. The van der Waals surface area contributed by atoms with Crippen LogP contribution in [0.5, 0.6) is 0 Å². The van der Waals surface area contributed by atoms with Crippen molar-refractivity contribution in [3.63, 3.8) is 0 Å². The fourth-order valence-corrected chi connectivity index (χ4v) is 6.97. The molecule has 0 fully saturated rings. The number of quaternary nitrogens is 1. The highest BCUT2D eigenvalue weighted by molar-refractivity contribution is 5.61. The monoisotopic (exact) mass is 820 g/mol. The van der Waals surface area contributed by atoms with Crippen LogP contribution < -0.4 is 28.9 Å². The van der Waals surface area contributed by atoms with Crippen molar-refractivity contribution in [1.82, 2.24) is 14.5 Å². The molecule has 0 N–H and O–H groups in total. The van der Waals surface area contributed by atoms with E-state index in [0.717, 1.165) is 35.9 Å². The van der Waals surface area contributed by atoms with Crippen LogP contribution >= 0.6 is 0 Å². The van der Waals surface area contributed by atoms with E-state index < -0.39 is 11.7 Å². The van der Waals surface area contributed by atoms with Crippen molar-refractivity contribution in [1.29, 1.82) is 5.26 Å². The van der Waals surface area contributed by atoms with E-state index in [1.54, 1.807) is 37.9 Å². The summed E-state index contributed by atoms with van der Waals surface area (Å²) in [5, 5.41) is 9.10. The van der Waals surface area contributed by atoms with E-state index in [4.69, 9.17) is 5.26 Å². The van der Waals surface area contributed by atoms with Gasteiger partial charge in [-0.05, 0) is 80.3 Å². The molecule has 0 amide bonds. The van der Waals surface area contributed by atoms with Crippen LogP contribution in [0.25, 0.3) is 17.0 Å². The number of unbranched alkanes of at least 4 members (excludes halogenated alkanes) is 4. The third kappa shape index (κ3) is 12.6. The molecule has 3 aromatic rings. The number of nitrogens with zero attached hydrogens (tertiary/aromatic N) is 6. The van der Waals surface area contributed by atoms with E-state index in [1.165, 1.54) is 88.1 Å². The van der Waals surface area contributed by atoms with Crippen molar-refractivity contribution in [2.75, 3.05) is 38.1 Å². The Morgan fingerprint density at radius 2 is 1.55 bits per heavy atom. The first-order valence-electron chi connectivity index (χ1n) is 18.7. The number of halogens is 4. The Hall–Kier alpha value is -2.91. The van der Waals surface area contributed by atoms with Gasteiger partial charge in [0.15, 0.2) is 0 Å². The molecule has 0 aliphatic heterocycles. The maximum Gasteiger partial charge on any atom is 0.417 e. The summed E-state index contributed by atoms with van der Waals surface area (Å²) in [6.45, 7) is 19.3. The number of hydrogen-bond donors (Lipinski definition) is 0. The molecular weight excluding hydrogens is 760 g/mol. The lowest BCUT2D eigenvalue weighted by molar-refractivity contribution is -0.929. The number of nitriles is 1. The van der Waals surface area contributed by atoms with Gasteiger partial charge >= 0.3 is 6.18 Å². The van der Waals surface area contributed by atoms with Crippen molar-refractivity contribution in [3.8, 4) is 17.3 Å². The van der Waals surface area contributed by atoms with Gasteiger partial charge in [0.25, 0.3) is 0 Å². The van der Waals surface area contributed by atoms with Crippen LogP contribution in [0.15, 0.2) is 61.3 Å². The normalized spacial score (nSPS) is 15.5. The van der Waals surface area contributed by atoms with E-state index in [1.807, 2.05) is 27.8 Å². The number of hydrogen-bond acceptors (Lipinski definition) is 4. The second-order valence-corrected chi connectivity index (χ2v) is 14.6. The van der Waals surface area contributed by atoms with Crippen LogP contribution in [0.3, 0.4) is 0 Å². The Labute approximate surface area is 322 Å². The summed E-state index contributed by atoms with van der Waals surface area (Å²) in [7, 11) is 1.79. The molecule has 0 radical (unpaired) electrons. The van der Waals surface area contributed by atoms with Gasteiger partial charge in [0, 0.05) is 42.6 Å². The predicted molar refractivity (Wildman–Crippen MR) is 200 cm³/mol. The molecule has 4 rings (SSSR count). The van der Waals surface area contributed by atoms with E-state index in [-0.39, 0.29) is 41.0 Å². The quantitative estimate of drug-likeness (QED) is 0.109. The molecule has 1 aromatic carbocycles. The minimum absolute atomic E-state index is 0. The smallest absolute Gasteiger partial charge is 0.417 e. The van der Waals surface area contributed by atoms with E-state index in [0.29, 0.717) is 5.69 Å². The van der Waals surface area contributed by atoms with Crippen LogP contribution in [-0.2, 0) is 6.18 Å². The van der Waals surface area contributed by atoms with Crippen LogP contribution in [0, 0.1) is 16.7 Å². The SMILES string of the molecule is CCCC[N+](CCCC)(CCCC)CCCC.CN(c1ccc(C#N)c(C(F)(F)F)c1)C1C=C(n2cnc(-c3cccnc3)c2)CCC1(C)C.[I-]. The van der Waals surface area contributed by atoms with Crippen LogP contribution in [0.4, 0.5) is 18.9 Å². The Bertz CT molecular complexity index is 1490. The predicted octanol–water partition coefficient (Wildman–Crippen LogP) is 8.01. The van der Waals surface area contributed by atoms with Gasteiger partial charge in [-0.2, -0.15) is 18.4 Å². The van der Waals surface area contributed by atoms with Gasteiger partial charge in [0.05, 0.1) is 61.4 Å². The number of alkyl halides is 3. The molecule has 0 saturated heterocycles. The number of likely N-dealkylation sites (N-methyl/N-ethyl adjacent to an activating group) is 1. The molecule has 1 aliphatic rings. The van der Waals surface area contributed by atoms with Crippen molar-refractivity contribution in [3.05, 3.63) is 72.5 Å². The van der Waals surface area contributed by atoms with Gasteiger partial charge in [-0.25, -0.2) is 4.98 Å². The topological polar surface area (TPSA) is 57.7 Å². The average molecular weight is 821 g/mol. The first kappa shape index (κ1) is 44.3. The largest absolute Gasteiger partial charge is 1.00 e. The van der Waals surface area contributed by atoms with Crippen LogP contribution in [-0.4, -0.2) is 58.3 Å². The summed E-state index contributed by atoms with van der Waals surface area (Å²) in [6.07, 6.45) is 17.4. The molecule has 282 valence electrons.